The molecule has 1 aliphatic heterocycles. The summed E-state index contributed by atoms with van der Waals surface area (Å²) >= 11 is 0. The number of anilines is 1. The van der Waals surface area contributed by atoms with Crippen molar-refractivity contribution in [3.05, 3.63) is 95.2 Å². The van der Waals surface area contributed by atoms with Crippen LogP contribution in [0.5, 0.6) is 11.5 Å². The van der Waals surface area contributed by atoms with E-state index < -0.39 is 17.7 Å². The number of carbonyl (C=O) groups is 2. The van der Waals surface area contributed by atoms with E-state index in [0.717, 1.165) is 28.5 Å². The zero-order valence-electron chi connectivity index (χ0n) is 21.2. The van der Waals surface area contributed by atoms with Gasteiger partial charge in [0.05, 0.1) is 31.4 Å². The number of Topliss-reactive ketones (excluding diaryl/α,β-unsaturated/α-hetero) is 1. The molecule has 1 unspecified atom stereocenters. The fraction of sp³-hybridized carbons (Fsp3) is 0.200. The molecule has 1 aromatic heterocycles. The first kappa shape index (κ1) is 24.2. The van der Waals surface area contributed by atoms with E-state index in [1.807, 2.05) is 66.3 Å². The quantitative estimate of drug-likeness (QED) is 0.220. The largest absolute Gasteiger partial charge is 0.507 e. The molecule has 0 spiro atoms. The highest BCUT2D eigenvalue weighted by Gasteiger charge is 2.48. The second kappa shape index (κ2) is 9.50. The molecule has 1 atom stereocenters. The smallest absolute Gasteiger partial charge is 0.300 e. The number of rotatable bonds is 6. The van der Waals surface area contributed by atoms with Crippen LogP contribution in [0.1, 0.15) is 29.7 Å². The molecule has 2 heterocycles. The molecule has 0 saturated carbocycles. The van der Waals surface area contributed by atoms with Crippen molar-refractivity contribution in [2.75, 3.05) is 19.1 Å². The third-order valence-corrected chi connectivity index (χ3v) is 6.95. The Bertz CT molecular complexity index is 1550. The summed E-state index contributed by atoms with van der Waals surface area (Å²) in [4.78, 5) is 28.7. The Morgan fingerprint density at radius 2 is 1.70 bits per heavy atom. The van der Waals surface area contributed by atoms with Crippen LogP contribution in [0.4, 0.5) is 5.69 Å². The predicted molar refractivity (Wildman–Crippen MR) is 143 cm³/mol. The van der Waals surface area contributed by atoms with Gasteiger partial charge in [0.15, 0.2) is 0 Å². The van der Waals surface area contributed by atoms with Crippen LogP contribution in [0, 0.1) is 0 Å². The van der Waals surface area contributed by atoms with Gasteiger partial charge in [-0.25, -0.2) is 0 Å². The van der Waals surface area contributed by atoms with Crippen LogP contribution in [0.15, 0.2) is 78.5 Å². The van der Waals surface area contributed by atoms with Gasteiger partial charge in [-0.1, -0.05) is 37.3 Å². The number of aromatic nitrogens is 1. The second-order valence-electron chi connectivity index (χ2n) is 8.97. The maximum Gasteiger partial charge on any atom is 0.300 e. The summed E-state index contributed by atoms with van der Waals surface area (Å²) in [5.41, 5.74) is 3.64. The van der Waals surface area contributed by atoms with Crippen molar-refractivity contribution >= 4 is 34.0 Å². The molecule has 5 rings (SSSR count). The first-order valence-corrected chi connectivity index (χ1v) is 12.1. The van der Waals surface area contributed by atoms with E-state index in [1.54, 1.807) is 18.2 Å². The van der Waals surface area contributed by atoms with Gasteiger partial charge in [0, 0.05) is 35.4 Å². The number of fused-ring (bicyclic) bond motifs is 1. The van der Waals surface area contributed by atoms with Crippen LogP contribution >= 0.6 is 0 Å². The number of ketones is 1. The van der Waals surface area contributed by atoms with Gasteiger partial charge >= 0.3 is 0 Å². The highest BCUT2D eigenvalue weighted by atomic mass is 16.5. The van der Waals surface area contributed by atoms with E-state index in [1.165, 1.54) is 19.1 Å². The zero-order valence-corrected chi connectivity index (χ0v) is 21.2. The Morgan fingerprint density at radius 1 is 0.973 bits per heavy atom. The predicted octanol–water partition coefficient (Wildman–Crippen LogP) is 5.38. The molecule has 188 valence electrons. The molecular formula is C30H28N2O5. The summed E-state index contributed by atoms with van der Waals surface area (Å²) in [5.74, 6) is -0.952. The van der Waals surface area contributed by atoms with E-state index in [2.05, 4.69) is 6.92 Å². The minimum absolute atomic E-state index is 0.00697. The van der Waals surface area contributed by atoms with Crippen molar-refractivity contribution in [2.45, 2.75) is 19.4 Å². The average Bonchev–Trinajstić information content (AvgIpc) is 3.40. The zero-order chi connectivity index (χ0) is 26.3. The second-order valence-corrected chi connectivity index (χ2v) is 8.97. The summed E-state index contributed by atoms with van der Waals surface area (Å²) in [6, 6.07) is 19.5. The summed E-state index contributed by atoms with van der Waals surface area (Å²) in [6.45, 7) is 2.05. The van der Waals surface area contributed by atoms with Gasteiger partial charge in [-0.05, 0) is 48.4 Å². The lowest BCUT2D eigenvalue weighted by Gasteiger charge is -2.25. The number of methoxy groups -OCH3 is 2. The van der Waals surface area contributed by atoms with E-state index in [-0.39, 0.29) is 16.9 Å². The molecule has 1 saturated heterocycles. The summed E-state index contributed by atoms with van der Waals surface area (Å²) < 4.78 is 12.8. The minimum Gasteiger partial charge on any atom is -0.507 e. The van der Waals surface area contributed by atoms with Crippen molar-refractivity contribution in [1.29, 1.82) is 0 Å². The fourth-order valence-electron chi connectivity index (χ4n) is 5.02. The Hall–Kier alpha value is -4.52. The van der Waals surface area contributed by atoms with Crippen molar-refractivity contribution in [3.63, 3.8) is 0 Å². The molecule has 0 aliphatic carbocycles. The van der Waals surface area contributed by atoms with Gasteiger partial charge < -0.3 is 19.1 Å². The van der Waals surface area contributed by atoms with Gasteiger partial charge in [0.2, 0.25) is 0 Å². The molecule has 0 radical (unpaired) electrons. The number of benzene rings is 3. The average molecular weight is 497 g/mol. The molecule has 37 heavy (non-hydrogen) atoms. The number of hydrogen-bond donors (Lipinski definition) is 1. The van der Waals surface area contributed by atoms with Crippen molar-refractivity contribution in [1.82, 2.24) is 4.57 Å². The molecule has 1 aliphatic rings. The van der Waals surface area contributed by atoms with Crippen LogP contribution < -0.4 is 14.4 Å². The SMILES string of the molecule is CCc1ccc(N2C(=O)C(=O)/C(=C(/O)c3cc(OC)ccc3OC)C2c2cn(C)c3ccccc23)cc1. The summed E-state index contributed by atoms with van der Waals surface area (Å²) in [7, 11) is 4.91. The number of carbonyl (C=O) groups excluding carboxylic acids is 2. The first-order chi connectivity index (χ1) is 17.9. The molecular weight excluding hydrogens is 468 g/mol. The number of para-hydroxylation sites is 1. The summed E-state index contributed by atoms with van der Waals surface area (Å²) in [6.07, 6.45) is 2.76. The number of hydrogen-bond acceptors (Lipinski definition) is 5. The standard InChI is InChI=1S/C30H28N2O5/c1-5-18-10-12-19(13-11-18)32-27(23-17-31(2)24-9-7-6-8-21(23)24)26(29(34)30(32)35)28(33)22-16-20(36-3)14-15-25(22)37-4/h6-17,27,33H,5H2,1-4H3/b28-26+. The third-order valence-electron chi connectivity index (χ3n) is 6.95. The number of aliphatic hydroxyl groups excluding tert-OH is 1. The Kier molecular flexibility index (Phi) is 6.21. The topological polar surface area (TPSA) is 81.0 Å². The van der Waals surface area contributed by atoms with E-state index in [0.29, 0.717) is 17.2 Å². The van der Waals surface area contributed by atoms with Crippen molar-refractivity contribution < 1.29 is 24.2 Å². The van der Waals surface area contributed by atoms with Crippen LogP contribution in [-0.2, 0) is 23.1 Å². The number of amides is 1. The Labute approximate surface area is 215 Å². The third kappa shape index (κ3) is 3.93. The molecule has 7 heteroatoms. The number of nitrogens with zero attached hydrogens (tertiary/aromatic N) is 2. The Balaban J connectivity index is 1.81. The monoisotopic (exact) mass is 496 g/mol. The van der Waals surface area contributed by atoms with Crippen LogP contribution in [0.25, 0.3) is 16.7 Å². The normalized spacial score (nSPS) is 17.0. The van der Waals surface area contributed by atoms with Gasteiger partial charge in [0.25, 0.3) is 11.7 Å². The van der Waals surface area contributed by atoms with E-state index >= 15 is 0 Å². The molecule has 0 bridgehead atoms. The van der Waals surface area contributed by atoms with Crippen molar-refractivity contribution in [2.24, 2.45) is 7.05 Å². The number of aryl methyl sites for hydroxylation is 2. The molecule has 7 nitrogen and oxygen atoms in total. The van der Waals surface area contributed by atoms with Crippen LogP contribution in [-0.4, -0.2) is 35.6 Å². The van der Waals surface area contributed by atoms with Crippen molar-refractivity contribution in [3.8, 4) is 11.5 Å². The maximum atomic E-state index is 13.6. The molecule has 1 amide bonds. The molecule has 3 aromatic carbocycles. The highest BCUT2D eigenvalue weighted by molar-refractivity contribution is 6.52. The van der Waals surface area contributed by atoms with Crippen LogP contribution in [0.2, 0.25) is 0 Å². The molecule has 1 fully saturated rings. The van der Waals surface area contributed by atoms with Gasteiger partial charge in [-0.3, -0.25) is 14.5 Å². The van der Waals surface area contributed by atoms with E-state index in [9.17, 15) is 14.7 Å². The lowest BCUT2D eigenvalue weighted by atomic mass is 9.94. The minimum atomic E-state index is -0.852. The van der Waals surface area contributed by atoms with Crippen LogP contribution in [0.3, 0.4) is 0 Å². The number of ether oxygens (including phenoxy) is 2. The first-order valence-electron chi connectivity index (χ1n) is 12.1. The van der Waals surface area contributed by atoms with Gasteiger partial charge in [0.1, 0.15) is 17.3 Å². The number of aliphatic hydroxyl groups is 1. The summed E-state index contributed by atoms with van der Waals surface area (Å²) in [5, 5.41) is 12.5. The fourth-order valence-corrected chi connectivity index (χ4v) is 5.02. The Morgan fingerprint density at radius 3 is 2.38 bits per heavy atom. The van der Waals surface area contributed by atoms with E-state index in [4.69, 9.17) is 9.47 Å². The molecule has 1 N–H and O–H groups in total. The molecule has 4 aromatic rings. The lowest BCUT2D eigenvalue weighted by Crippen LogP contribution is -2.29. The van der Waals surface area contributed by atoms with Gasteiger partial charge in [-0.15, -0.1) is 0 Å². The lowest BCUT2D eigenvalue weighted by molar-refractivity contribution is -0.132. The highest BCUT2D eigenvalue weighted by Crippen LogP contribution is 2.45. The van der Waals surface area contributed by atoms with Gasteiger partial charge in [-0.2, -0.15) is 0 Å². The maximum absolute atomic E-state index is 13.6.